The summed E-state index contributed by atoms with van der Waals surface area (Å²) < 4.78 is 5.01. The number of hydrogen-bond donors (Lipinski definition) is 1. The van der Waals surface area contributed by atoms with Crippen molar-refractivity contribution < 1.29 is 9.53 Å². The Labute approximate surface area is 123 Å². The van der Waals surface area contributed by atoms with Gasteiger partial charge in [0.15, 0.2) is 5.65 Å². The number of hydrogen-bond acceptors (Lipinski definition) is 4. The summed E-state index contributed by atoms with van der Waals surface area (Å²) >= 11 is 0. The van der Waals surface area contributed by atoms with Crippen LogP contribution in [0.25, 0.3) is 16.7 Å². The Morgan fingerprint density at radius 2 is 2.43 bits per heavy atom. The number of aromatic nitrogens is 3. The molecule has 21 heavy (non-hydrogen) atoms. The summed E-state index contributed by atoms with van der Waals surface area (Å²) in [5.74, 6) is 0.296. The standard InChI is InChI=1S/C16H19N3O2/c1-2-21-15(20)9-11-3-5-12(6-4-11)14-10-18-16-13(19-14)7-8-17-16/h5,7-8,10-11H,2-4,6,9H2,1H3,(H,17,18). The Morgan fingerprint density at radius 1 is 1.52 bits per heavy atom. The fraction of sp³-hybridized carbons (Fsp3) is 0.438. The van der Waals surface area contributed by atoms with Crippen LogP contribution in [0.1, 0.15) is 38.3 Å². The molecule has 0 saturated heterocycles. The molecule has 1 atom stereocenters. The highest BCUT2D eigenvalue weighted by atomic mass is 16.5. The quantitative estimate of drug-likeness (QED) is 0.876. The Morgan fingerprint density at radius 3 is 3.19 bits per heavy atom. The minimum absolute atomic E-state index is 0.0899. The highest BCUT2D eigenvalue weighted by Gasteiger charge is 2.19. The van der Waals surface area contributed by atoms with E-state index < -0.39 is 0 Å². The molecule has 0 bridgehead atoms. The molecule has 0 aliphatic heterocycles. The van der Waals surface area contributed by atoms with Crippen LogP contribution in [-0.4, -0.2) is 27.5 Å². The molecule has 1 N–H and O–H groups in total. The summed E-state index contributed by atoms with van der Waals surface area (Å²) in [7, 11) is 0. The molecule has 2 aromatic heterocycles. The summed E-state index contributed by atoms with van der Waals surface area (Å²) in [6.45, 7) is 2.30. The van der Waals surface area contributed by atoms with E-state index in [4.69, 9.17) is 4.74 Å². The third kappa shape index (κ3) is 3.12. The van der Waals surface area contributed by atoms with Crippen molar-refractivity contribution in [2.45, 2.75) is 32.6 Å². The molecule has 0 saturated carbocycles. The van der Waals surface area contributed by atoms with Gasteiger partial charge in [-0.25, -0.2) is 9.97 Å². The number of carbonyl (C=O) groups is 1. The van der Waals surface area contributed by atoms with Gasteiger partial charge in [-0.2, -0.15) is 0 Å². The second kappa shape index (κ2) is 6.08. The predicted molar refractivity (Wildman–Crippen MR) is 80.5 cm³/mol. The van der Waals surface area contributed by atoms with E-state index in [0.29, 0.717) is 18.9 Å². The minimum Gasteiger partial charge on any atom is -0.466 e. The molecule has 1 aliphatic rings. The number of fused-ring (bicyclic) bond motifs is 1. The predicted octanol–water partition coefficient (Wildman–Crippen LogP) is 3.09. The Kier molecular flexibility index (Phi) is 3.99. The number of nitrogens with one attached hydrogen (secondary N) is 1. The number of rotatable bonds is 4. The molecule has 0 aromatic carbocycles. The SMILES string of the molecule is CCOC(=O)CC1CC=C(c2cnc3[nH]ccc3n2)CC1. The van der Waals surface area contributed by atoms with Crippen molar-refractivity contribution in [1.82, 2.24) is 15.0 Å². The lowest BCUT2D eigenvalue weighted by molar-refractivity contribution is -0.144. The summed E-state index contributed by atoms with van der Waals surface area (Å²) in [6.07, 6.45) is 9.21. The number of esters is 1. The van der Waals surface area contributed by atoms with Crippen molar-refractivity contribution in [1.29, 1.82) is 0 Å². The average Bonchev–Trinajstić information content (AvgIpc) is 2.95. The number of nitrogens with zero attached hydrogens (tertiary/aromatic N) is 2. The number of H-pyrrole nitrogens is 1. The molecule has 0 amide bonds. The third-order valence-electron chi connectivity index (χ3n) is 3.87. The van der Waals surface area contributed by atoms with Crippen LogP contribution in [-0.2, 0) is 9.53 Å². The van der Waals surface area contributed by atoms with Gasteiger partial charge in [0.2, 0.25) is 0 Å². The lowest BCUT2D eigenvalue weighted by atomic mass is 9.86. The first-order valence-corrected chi connectivity index (χ1v) is 7.41. The van der Waals surface area contributed by atoms with Crippen molar-refractivity contribution in [2.75, 3.05) is 6.61 Å². The first-order valence-electron chi connectivity index (χ1n) is 7.41. The lowest BCUT2D eigenvalue weighted by Crippen LogP contribution is -2.14. The van der Waals surface area contributed by atoms with Crippen LogP contribution in [0.3, 0.4) is 0 Å². The summed E-state index contributed by atoms with van der Waals surface area (Å²) in [5.41, 5.74) is 3.87. The highest BCUT2D eigenvalue weighted by molar-refractivity contribution is 5.74. The third-order valence-corrected chi connectivity index (χ3v) is 3.87. The zero-order chi connectivity index (χ0) is 14.7. The molecule has 1 aliphatic carbocycles. The molecule has 3 rings (SSSR count). The first-order chi connectivity index (χ1) is 10.3. The van der Waals surface area contributed by atoms with E-state index >= 15 is 0 Å². The van der Waals surface area contributed by atoms with Crippen LogP contribution in [0.5, 0.6) is 0 Å². The Balaban J connectivity index is 1.67. The van der Waals surface area contributed by atoms with Gasteiger partial charge in [0, 0.05) is 12.6 Å². The van der Waals surface area contributed by atoms with Crippen molar-refractivity contribution >= 4 is 22.7 Å². The van der Waals surface area contributed by atoms with Crippen LogP contribution in [0.4, 0.5) is 0 Å². The maximum absolute atomic E-state index is 11.5. The van der Waals surface area contributed by atoms with Gasteiger partial charge >= 0.3 is 5.97 Å². The fourth-order valence-corrected chi connectivity index (χ4v) is 2.75. The number of carbonyl (C=O) groups excluding carboxylic acids is 1. The molecule has 0 spiro atoms. The molecule has 2 heterocycles. The van der Waals surface area contributed by atoms with Gasteiger partial charge in [0.25, 0.3) is 0 Å². The molecule has 5 heteroatoms. The number of aromatic amines is 1. The van der Waals surface area contributed by atoms with E-state index in [1.165, 1.54) is 5.57 Å². The van der Waals surface area contributed by atoms with E-state index in [-0.39, 0.29) is 5.97 Å². The van der Waals surface area contributed by atoms with Crippen molar-refractivity contribution in [2.24, 2.45) is 5.92 Å². The largest absolute Gasteiger partial charge is 0.466 e. The Bertz CT molecular complexity index is 675. The van der Waals surface area contributed by atoms with Gasteiger partial charge in [0.1, 0.15) is 5.52 Å². The summed E-state index contributed by atoms with van der Waals surface area (Å²) in [6, 6.07) is 1.93. The van der Waals surface area contributed by atoms with Gasteiger partial charge in [-0.05, 0) is 43.7 Å². The first kappa shape index (κ1) is 13.8. The van der Waals surface area contributed by atoms with Gasteiger partial charge < -0.3 is 9.72 Å². The fourth-order valence-electron chi connectivity index (χ4n) is 2.75. The van der Waals surface area contributed by atoms with Crippen LogP contribution >= 0.6 is 0 Å². The number of allylic oxidation sites excluding steroid dienone is 2. The second-order valence-electron chi connectivity index (χ2n) is 5.35. The van der Waals surface area contributed by atoms with Crippen molar-refractivity contribution in [3.8, 4) is 0 Å². The van der Waals surface area contributed by atoms with E-state index in [1.807, 2.05) is 25.4 Å². The van der Waals surface area contributed by atoms with Crippen LogP contribution in [0.2, 0.25) is 0 Å². The maximum atomic E-state index is 11.5. The molecule has 2 aromatic rings. The van der Waals surface area contributed by atoms with E-state index in [0.717, 1.165) is 36.1 Å². The van der Waals surface area contributed by atoms with Crippen molar-refractivity contribution in [3.63, 3.8) is 0 Å². The van der Waals surface area contributed by atoms with Crippen LogP contribution < -0.4 is 0 Å². The normalized spacial score (nSPS) is 18.5. The smallest absolute Gasteiger partial charge is 0.306 e. The zero-order valence-corrected chi connectivity index (χ0v) is 12.1. The molecule has 110 valence electrons. The van der Waals surface area contributed by atoms with Gasteiger partial charge in [-0.3, -0.25) is 4.79 Å². The molecular formula is C16H19N3O2. The second-order valence-corrected chi connectivity index (χ2v) is 5.35. The minimum atomic E-state index is -0.0899. The lowest BCUT2D eigenvalue weighted by Gasteiger charge is -2.20. The van der Waals surface area contributed by atoms with Gasteiger partial charge in [-0.15, -0.1) is 0 Å². The molecule has 5 nitrogen and oxygen atoms in total. The molecule has 1 unspecified atom stereocenters. The monoisotopic (exact) mass is 285 g/mol. The Hall–Kier alpha value is -2.17. The average molecular weight is 285 g/mol. The van der Waals surface area contributed by atoms with E-state index in [1.54, 1.807) is 0 Å². The molecule has 0 radical (unpaired) electrons. The van der Waals surface area contributed by atoms with Crippen LogP contribution in [0, 0.1) is 5.92 Å². The zero-order valence-electron chi connectivity index (χ0n) is 12.1. The van der Waals surface area contributed by atoms with Gasteiger partial charge in [0.05, 0.1) is 18.5 Å². The maximum Gasteiger partial charge on any atom is 0.306 e. The molecular weight excluding hydrogens is 266 g/mol. The van der Waals surface area contributed by atoms with Gasteiger partial charge in [-0.1, -0.05) is 6.08 Å². The summed E-state index contributed by atoms with van der Waals surface area (Å²) in [5, 5.41) is 0. The summed E-state index contributed by atoms with van der Waals surface area (Å²) in [4.78, 5) is 23.6. The van der Waals surface area contributed by atoms with Crippen molar-refractivity contribution in [3.05, 3.63) is 30.2 Å². The van der Waals surface area contributed by atoms with E-state index in [9.17, 15) is 4.79 Å². The number of ether oxygens (including phenoxy) is 1. The molecule has 0 fully saturated rings. The highest BCUT2D eigenvalue weighted by Crippen LogP contribution is 2.31. The van der Waals surface area contributed by atoms with Crippen LogP contribution in [0.15, 0.2) is 24.5 Å². The topological polar surface area (TPSA) is 67.9 Å². The van der Waals surface area contributed by atoms with E-state index in [2.05, 4.69) is 21.0 Å².